The van der Waals surface area contributed by atoms with Crippen LogP contribution in [0.1, 0.15) is 19.3 Å². The number of nitrogens with one attached hydrogen (secondary N) is 2. The predicted octanol–water partition coefficient (Wildman–Crippen LogP) is 0.974. The van der Waals surface area contributed by atoms with Gasteiger partial charge >= 0.3 is 0 Å². The van der Waals surface area contributed by atoms with Crippen molar-refractivity contribution in [3.05, 3.63) is 12.3 Å². The van der Waals surface area contributed by atoms with E-state index in [1.807, 2.05) is 6.07 Å². The SMILES string of the molecule is NNc1nccc(NCCC2CC2)n1. The van der Waals surface area contributed by atoms with Crippen LogP contribution in [0.5, 0.6) is 0 Å². The third kappa shape index (κ3) is 2.56. The average Bonchev–Trinajstić information content (AvgIpc) is 3.02. The summed E-state index contributed by atoms with van der Waals surface area (Å²) in [5, 5.41) is 3.24. The molecule has 5 heteroatoms. The van der Waals surface area contributed by atoms with Crippen molar-refractivity contribution in [1.29, 1.82) is 0 Å². The Labute approximate surface area is 83.1 Å². The minimum Gasteiger partial charge on any atom is -0.370 e. The van der Waals surface area contributed by atoms with E-state index in [0.717, 1.165) is 18.3 Å². The van der Waals surface area contributed by atoms with E-state index in [0.29, 0.717) is 5.95 Å². The lowest BCUT2D eigenvalue weighted by Crippen LogP contribution is -2.12. The second-order valence-corrected chi connectivity index (χ2v) is 3.57. The first-order chi connectivity index (χ1) is 6.88. The molecule has 2 rings (SSSR count). The van der Waals surface area contributed by atoms with Crippen molar-refractivity contribution in [2.45, 2.75) is 19.3 Å². The number of aromatic nitrogens is 2. The van der Waals surface area contributed by atoms with Crippen LogP contribution in [0.2, 0.25) is 0 Å². The third-order valence-electron chi connectivity index (χ3n) is 2.34. The molecule has 1 aromatic rings. The molecule has 0 radical (unpaired) electrons. The van der Waals surface area contributed by atoms with E-state index < -0.39 is 0 Å². The van der Waals surface area contributed by atoms with Gasteiger partial charge in [-0.15, -0.1) is 0 Å². The van der Waals surface area contributed by atoms with E-state index in [-0.39, 0.29) is 0 Å². The Morgan fingerprint density at radius 1 is 1.50 bits per heavy atom. The van der Waals surface area contributed by atoms with Crippen LogP contribution in [0.3, 0.4) is 0 Å². The van der Waals surface area contributed by atoms with Crippen molar-refractivity contribution in [1.82, 2.24) is 9.97 Å². The maximum absolute atomic E-state index is 5.20. The summed E-state index contributed by atoms with van der Waals surface area (Å²) in [5.41, 5.74) is 2.42. The molecular formula is C9H15N5. The van der Waals surface area contributed by atoms with E-state index in [9.17, 15) is 0 Å². The summed E-state index contributed by atoms with van der Waals surface area (Å²) in [4.78, 5) is 8.08. The van der Waals surface area contributed by atoms with Crippen LogP contribution in [0.15, 0.2) is 12.3 Å². The zero-order valence-corrected chi connectivity index (χ0v) is 8.03. The van der Waals surface area contributed by atoms with Gasteiger partial charge in [0.1, 0.15) is 5.82 Å². The largest absolute Gasteiger partial charge is 0.370 e. The quantitative estimate of drug-likeness (QED) is 0.480. The fraction of sp³-hybridized carbons (Fsp3) is 0.556. The molecule has 5 nitrogen and oxygen atoms in total. The van der Waals surface area contributed by atoms with Gasteiger partial charge in [-0.05, 0) is 18.4 Å². The topological polar surface area (TPSA) is 75.9 Å². The fourth-order valence-electron chi connectivity index (χ4n) is 1.34. The van der Waals surface area contributed by atoms with Gasteiger partial charge in [-0.25, -0.2) is 10.8 Å². The summed E-state index contributed by atoms with van der Waals surface area (Å²) in [6.07, 6.45) is 5.69. The van der Waals surface area contributed by atoms with Crippen LogP contribution < -0.4 is 16.6 Å². The average molecular weight is 193 g/mol. The summed E-state index contributed by atoms with van der Waals surface area (Å²) >= 11 is 0. The van der Waals surface area contributed by atoms with E-state index in [2.05, 4.69) is 20.7 Å². The van der Waals surface area contributed by atoms with Crippen LogP contribution >= 0.6 is 0 Å². The van der Waals surface area contributed by atoms with Gasteiger partial charge < -0.3 is 5.32 Å². The molecule has 1 saturated carbocycles. The molecule has 0 aliphatic heterocycles. The number of rotatable bonds is 5. The van der Waals surface area contributed by atoms with E-state index >= 15 is 0 Å². The van der Waals surface area contributed by atoms with Gasteiger partial charge in [-0.1, -0.05) is 12.8 Å². The molecule has 0 aromatic carbocycles. The van der Waals surface area contributed by atoms with E-state index in [1.54, 1.807) is 6.20 Å². The lowest BCUT2D eigenvalue weighted by Gasteiger charge is -2.05. The molecule has 0 unspecified atom stereocenters. The van der Waals surface area contributed by atoms with Gasteiger partial charge in [0.25, 0.3) is 0 Å². The third-order valence-corrected chi connectivity index (χ3v) is 2.34. The Morgan fingerprint density at radius 3 is 3.07 bits per heavy atom. The number of hydrazine groups is 1. The maximum Gasteiger partial charge on any atom is 0.239 e. The van der Waals surface area contributed by atoms with Crippen LogP contribution in [-0.4, -0.2) is 16.5 Å². The summed E-state index contributed by atoms with van der Waals surface area (Å²) < 4.78 is 0. The minimum absolute atomic E-state index is 0.446. The fourth-order valence-corrected chi connectivity index (χ4v) is 1.34. The number of anilines is 2. The second-order valence-electron chi connectivity index (χ2n) is 3.57. The highest BCUT2D eigenvalue weighted by Gasteiger charge is 2.20. The number of hydrogen-bond acceptors (Lipinski definition) is 5. The van der Waals surface area contributed by atoms with Crippen molar-refractivity contribution in [2.24, 2.45) is 11.8 Å². The standard InChI is InChI=1S/C9H15N5/c10-14-9-12-6-4-8(13-9)11-5-3-7-1-2-7/h4,6-7H,1-3,5,10H2,(H2,11,12,13,14). The van der Waals surface area contributed by atoms with Crippen LogP contribution in [-0.2, 0) is 0 Å². The molecule has 1 aliphatic rings. The van der Waals surface area contributed by atoms with Crippen LogP contribution in [0, 0.1) is 5.92 Å². The van der Waals surface area contributed by atoms with Crippen molar-refractivity contribution in [3.63, 3.8) is 0 Å². The van der Waals surface area contributed by atoms with Gasteiger partial charge in [0, 0.05) is 12.7 Å². The zero-order chi connectivity index (χ0) is 9.80. The highest BCUT2D eigenvalue weighted by molar-refractivity contribution is 5.38. The van der Waals surface area contributed by atoms with Gasteiger partial charge in [0.15, 0.2) is 0 Å². The summed E-state index contributed by atoms with van der Waals surface area (Å²) in [7, 11) is 0. The first kappa shape index (κ1) is 9.21. The van der Waals surface area contributed by atoms with Crippen molar-refractivity contribution in [3.8, 4) is 0 Å². The molecule has 1 aliphatic carbocycles. The van der Waals surface area contributed by atoms with E-state index in [4.69, 9.17) is 5.84 Å². The van der Waals surface area contributed by atoms with Crippen molar-refractivity contribution >= 4 is 11.8 Å². The highest BCUT2D eigenvalue weighted by atomic mass is 15.3. The Bertz CT molecular complexity index is 297. The van der Waals surface area contributed by atoms with Gasteiger partial charge in [-0.2, -0.15) is 4.98 Å². The Morgan fingerprint density at radius 2 is 2.36 bits per heavy atom. The molecule has 0 bridgehead atoms. The molecule has 0 saturated heterocycles. The first-order valence-electron chi connectivity index (χ1n) is 4.92. The first-order valence-corrected chi connectivity index (χ1v) is 4.92. The normalized spacial score (nSPS) is 15.2. The van der Waals surface area contributed by atoms with Crippen LogP contribution in [0.25, 0.3) is 0 Å². The molecule has 0 atom stereocenters. The molecule has 1 heterocycles. The number of nitrogen functional groups attached to an aromatic ring is 1. The van der Waals surface area contributed by atoms with E-state index in [1.165, 1.54) is 19.3 Å². The smallest absolute Gasteiger partial charge is 0.239 e. The lowest BCUT2D eigenvalue weighted by atomic mass is 10.3. The zero-order valence-electron chi connectivity index (χ0n) is 8.03. The molecule has 0 amide bonds. The monoisotopic (exact) mass is 193 g/mol. The molecule has 0 spiro atoms. The molecular weight excluding hydrogens is 178 g/mol. The highest BCUT2D eigenvalue weighted by Crippen LogP contribution is 2.31. The molecule has 1 aromatic heterocycles. The van der Waals surface area contributed by atoms with Gasteiger partial charge in [0.05, 0.1) is 0 Å². The second kappa shape index (κ2) is 4.23. The number of nitrogens with two attached hydrogens (primary N) is 1. The molecule has 4 N–H and O–H groups in total. The Hall–Kier alpha value is -1.36. The lowest BCUT2D eigenvalue weighted by molar-refractivity contribution is 0.758. The van der Waals surface area contributed by atoms with Crippen molar-refractivity contribution in [2.75, 3.05) is 17.3 Å². The van der Waals surface area contributed by atoms with Crippen LogP contribution in [0.4, 0.5) is 11.8 Å². The number of nitrogens with zero attached hydrogens (tertiary/aromatic N) is 2. The minimum atomic E-state index is 0.446. The summed E-state index contributed by atoms with van der Waals surface area (Å²) in [6.45, 7) is 0.978. The number of hydrogen-bond donors (Lipinski definition) is 3. The van der Waals surface area contributed by atoms with Gasteiger partial charge in [0.2, 0.25) is 5.95 Å². The van der Waals surface area contributed by atoms with Gasteiger partial charge in [-0.3, -0.25) is 5.43 Å². The molecule has 14 heavy (non-hydrogen) atoms. The Kier molecular flexibility index (Phi) is 2.78. The Balaban J connectivity index is 1.81. The molecule has 76 valence electrons. The maximum atomic E-state index is 5.20. The predicted molar refractivity (Wildman–Crippen MR) is 55.7 cm³/mol. The molecule has 1 fully saturated rings. The summed E-state index contributed by atoms with van der Waals surface area (Å²) in [6, 6.07) is 1.84. The summed E-state index contributed by atoms with van der Waals surface area (Å²) in [5.74, 6) is 7.42. The van der Waals surface area contributed by atoms with Crippen molar-refractivity contribution < 1.29 is 0 Å².